The molecule has 0 fully saturated rings. The molecule has 0 amide bonds. The van der Waals surface area contributed by atoms with E-state index in [4.69, 9.17) is 0 Å². The molecule has 1 rings (SSSR count). The lowest BCUT2D eigenvalue weighted by Crippen LogP contribution is -2.05. The lowest BCUT2D eigenvalue weighted by Gasteiger charge is -2.11. The quantitative estimate of drug-likeness (QED) is 0.796. The molecule has 0 aliphatic carbocycles. The Morgan fingerprint density at radius 2 is 1.72 bits per heavy atom. The van der Waals surface area contributed by atoms with Gasteiger partial charge in [0.05, 0.1) is 11.7 Å². The predicted molar refractivity (Wildman–Crippen MR) is 65.0 cm³/mol. The summed E-state index contributed by atoms with van der Waals surface area (Å²) >= 11 is 0. The van der Waals surface area contributed by atoms with Gasteiger partial charge in [-0.25, -0.2) is 0 Å². The Labute approximate surface area is 105 Å². The molecule has 1 aromatic carbocycles. The summed E-state index contributed by atoms with van der Waals surface area (Å²) < 4.78 is 37.0. The highest BCUT2D eigenvalue weighted by Crippen LogP contribution is 2.30. The van der Waals surface area contributed by atoms with Crippen LogP contribution in [0.2, 0.25) is 0 Å². The summed E-state index contributed by atoms with van der Waals surface area (Å²) in [6.45, 7) is 4.03. The molecule has 0 bridgehead atoms. The summed E-state index contributed by atoms with van der Waals surface area (Å²) in [5.41, 5.74) is -0.201. The average molecular weight is 258 g/mol. The van der Waals surface area contributed by atoms with Crippen LogP contribution in [-0.2, 0) is 6.18 Å². The molecule has 0 radical (unpaired) electrons. The Bertz CT molecular complexity index is 390. The standard InChI is InChI=1S/C14H17F3O/c1-10(2)4-3-5-13(18)11-6-8-12(9-7-11)14(15,16)17/h3-4,6-10,13,18H,5H2,1-2H3/b4-3-. The van der Waals surface area contributed by atoms with Gasteiger partial charge >= 0.3 is 6.18 Å². The van der Waals surface area contributed by atoms with Gasteiger partial charge in [0.25, 0.3) is 0 Å². The maximum Gasteiger partial charge on any atom is 0.416 e. The Kier molecular flexibility index (Phi) is 4.96. The largest absolute Gasteiger partial charge is 0.416 e. The zero-order chi connectivity index (χ0) is 13.8. The maximum atomic E-state index is 12.3. The Balaban J connectivity index is 2.68. The van der Waals surface area contributed by atoms with E-state index in [1.54, 1.807) is 0 Å². The maximum absolute atomic E-state index is 12.3. The lowest BCUT2D eigenvalue weighted by molar-refractivity contribution is -0.137. The number of hydrogen-bond donors (Lipinski definition) is 1. The minimum Gasteiger partial charge on any atom is -0.388 e. The molecule has 1 N–H and O–H groups in total. The zero-order valence-corrected chi connectivity index (χ0v) is 10.4. The third-order valence-electron chi connectivity index (χ3n) is 2.50. The summed E-state index contributed by atoms with van der Waals surface area (Å²) in [4.78, 5) is 0. The van der Waals surface area contributed by atoms with Crippen molar-refractivity contribution in [3.05, 3.63) is 47.5 Å². The van der Waals surface area contributed by atoms with E-state index < -0.39 is 17.8 Å². The summed E-state index contributed by atoms with van der Waals surface area (Å²) in [6.07, 6.45) is -0.896. The highest BCUT2D eigenvalue weighted by molar-refractivity contribution is 5.26. The number of hydrogen-bond acceptors (Lipinski definition) is 1. The number of benzene rings is 1. The van der Waals surface area contributed by atoms with E-state index in [0.29, 0.717) is 17.9 Å². The van der Waals surface area contributed by atoms with Gasteiger partial charge in [-0.15, -0.1) is 0 Å². The van der Waals surface area contributed by atoms with Gasteiger partial charge in [-0.3, -0.25) is 0 Å². The molecule has 0 saturated heterocycles. The first-order chi connectivity index (χ1) is 8.30. The van der Waals surface area contributed by atoms with Gasteiger partial charge in [-0.1, -0.05) is 38.1 Å². The van der Waals surface area contributed by atoms with Crippen LogP contribution in [0.3, 0.4) is 0 Å². The lowest BCUT2D eigenvalue weighted by atomic mass is 10.0. The number of alkyl halides is 3. The van der Waals surface area contributed by atoms with Crippen LogP contribution in [0.4, 0.5) is 13.2 Å². The molecule has 100 valence electrons. The van der Waals surface area contributed by atoms with Crippen LogP contribution in [0.1, 0.15) is 37.5 Å². The van der Waals surface area contributed by atoms with Gasteiger partial charge in [0.1, 0.15) is 0 Å². The first-order valence-electron chi connectivity index (χ1n) is 5.82. The molecule has 18 heavy (non-hydrogen) atoms. The van der Waals surface area contributed by atoms with Crippen LogP contribution >= 0.6 is 0 Å². The van der Waals surface area contributed by atoms with Crippen LogP contribution in [0, 0.1) is 5.92 Å². The van der Waals surface area contributed by atoms with Gasteiger partial charge < -0.3 is 5.11 Å². The monoisotopic (exact) mass is 258 g/mol. The van der Waals surface area contributed by atoms with Crippen LogP contribution in [0.25, 0.3) is 0 Å². The molecule has 0 aliphatic heterocycles. The summed E-state index contributed by atoms with van der Waals surface area (Å²) in [5, 5.41) is 9.79. The molecule has 4 heteroatoms. The fourth-order valence-corrected chi connectivity index (χ4v) is 1.51. The second-order valence-corrected chi connectivity index (χ2v) is 4.54. The van der Waals surface area contributed by atoms with Crippen molar-refractivity contribution in [2.75, 3.05) is 0 Å². The zero-order valence-electron chi connectivity index (χ0n) is 10.4. The molecular weight excluding hydrogens is 241 g/mol. The summed E-state index contributed by atoms with van der Waals surface area (Å²) in [5.74, 6) is 0.393. The Hall–Kier alpha value is -1.29. The van der Waals surface area contributed by atoms with Crippen LogP contribution in [0.5, 0.6) is 0 Å². The summed E-state index contributed by atoms with van der Waals surface area (Å²) in [7, 11) is 0. The molecular formula is C14H17F3O. The molecule has 0 aliphatic rings. The molecule has 1 unspecified atom stereocenters. The predicted octanol–water partition coefficient (Wildman–Crippen LogP) is 4.34. The van der Waals surface area contributed by atoms with Crippen LogP contribution < -0.4 is 0 Å². The second kappa shape index (κ2) is 6.05. The van der Waals surface area contributed by atoms with Gasteiger partial charge in [-0.05, 0) is 30.0 Å². The SMILES string of the molecule is CC(C)/C=C\CC(O)c1ccc(C(F)(F)F)cc1. The van der Waals surface area contributed by atoms with Crippen molar-refractivity contribution in [2.45, 2.75) is 32.5 Å². The van der Waals surface area contributed by atoms with E-state index >= 15 is 0 Å². The highest BCUT2D eigenvalue weighted by atomic mass is 19.4. The van der Waals surface area contributed by atoms with Crippen LogP contribution in [-0.4, -0.2) is 5.11 Å². The van der Waals surface area contributed by atoms with Crippen molar-refractivity contribution in [3.8, 4) is 0 Å². The normalized spacial score (nSPS) is 14.4. The van der Waals surface area contributed by atoms with Gasteiger partial charge in [0.2, 0.25) is 0 Å². The van der Waals surface area contributed by atoms with Crippen molar-refractivity contribution < 1.29 is 18.3 Å². The molecule has 0 saturated carbocycles. The number of allylic oxidation sites excluding steroid dienone is 1. The number of aliphatic hydroxyl groups excluding tert-OH is 1. The van der Waals surface area contributed by atoms with Crippen molar-refractivity contribution >= 4 is 0 Å². The number of rotatable bonds is 4. The van der Waals surface area contributed by atoms with Crippen molar-refractivity contribution in [3.63, 3.8) is 0 Å². The van der Waals surface area contributed by atoms with E-state index in [0.717, 1.165) is 12.1 Å². The van der Waals surface area contributed by atoms with Crippen molar-refractivity contribution in [1.82, 2.24) is 0 Å². The number of halogens is 3. The van der Waals surface area contributed by atoms with E-state index in [1.165, 1.54) is 12.1 Å². The first kappa shape index (κ1) is 14.8. The smallest absolute Gasteiger partial charge is 0.388 e. The molecule has 1 nitrogen and oxygen atoms in total. The Morgan fingerprint density at radius 1 is 1.17 bits per heavy atom. The molecule has 0 spiro atoms. The third-order valence-corrected chi connectivity index (χ3v) is 2.50. The Morgan fingerprint density at radius 3 is 2.17 bits per heavy atom. The van der Waals surface area contributed by atoms with E-state index in [-0.39, 0.29) is 0 Å². The first-order valence-corrected chi connectivity index (χ1v) is 5.82. The molecule has 0 heterocycles. The fourth-order valence-electron chi connectivity index (χ4n) is 1.51. The average Bonchev–Trinajstić information content (AvgIpc) is 2.27. The summed E-state index contributed by atoms with van der Waals surface area (Å²) in [6, 6.07) is 4.61. The highest BCUT2D eigenvalue weighted by Gasteiger charge is 2.30. The second-order valence-electron chi connectivity index (χ2n) is 4.54. The van der Waals surface area contributed by atoms with Crippen molar-refractivity contribution in [2.24, 2.45) is 5.92 Å². The van der Waals surface area contributed by atoms with Crippen molar-refractivity contribution in [1.29, 1.82) is 0 Å². The van der Waals surface area contributed by atoms with E-state index in [1.807, 2.05) is 26.0 Å². The van der Waals surface area contributed by atoms with Gasteiger partial charge in [-0.2, -0.15) is 13.2 Å². The van der Waals surface area contributed by atoms with Gasteiger partial charge in [0, 0.05) is 0 Å². The molecule has 0 aromatic heterocycles. The van der Waals surface area contributed by atoms with Crippen LogP contribution in [0.15, 0.2) is 36.4 Å². The topological polar surface area (TPSA) is 20.2 Å². The van der Waals surface area contributed by atoms with Gasteiger partial charge in [0.15, 0.2) is 0 Å². The molecule has 1 atom stereocenters. The van der Waals surface area contributed by atoms with E-state index in [9.17, 15) is 18.3 Å². The van der Waals surface area contributed by atoms with E-state index in [2.05, 4.69) is 0 Å². The minimum absolute atomic E-state index is 0.393. The third kappa shape index (κ3) is 4.53. The number of aliphatic hydroxyl groups is 1. The minimum atomic E-state index is -4.33. The fraction of sp³-hybridized carbons (Fsp3) is 0.429. The molecule has 1 aromatic rings.